The second kappa shape index (κ2) is 5.42. The van der Waals surface area contributed by atoms with Crippen molar-refractivity contribution in [2.24, 2.45) is 9.98 Å². The van der Waals surface area contributed by atoms with Crippen molar-refractivity contribution >= 4 is 12.2 Å². The van der Waals surface area contributed by atoms with E-state index in [1.165, 1.54) is 12.2 Å². The minimum atomic E-state index is -0.389. The zero-order valence-electron chi connectivity index (χ0n) is 7.33. The van der Waals surface area contributed by atoms with Crippen LogP contribution in [0, 0.1) is 0 Å². The molecule has 0 atom stereocenters. The normalized spacial score (nSPS) is 9.83. The molecule has 0 amide bonds. The molecular formula is C8H12N2O2. The van der Waals surface area contributed by atoms with Gasteiger partial charge < -0.3 is 0 Å². The Balaban J connectivity index is 3.75. The van der Waals surface area contributed by atoms with Crippen LogP contribution in [-0.2, 0) is 9.59 Å². The van der Waals surface area contributed by atoms with Crippen LogP contribution in [0.2, 0.25) is 0 Å². The maximum Gasteiger partial charge on any atom is 0.235 e. The zero-order chi connectivity index (χ0) is 9.45. The molecule has 0 rings (SSSR count). The van der Waals surface area contributed by atoms with E-state index in [2.05, 4.69) is 9.98 Å². The van der Waals surface area contributed by atoms with Gasteiger partial charge in [-0.25, -0.2) is 14.6 Å². The largest absolute Gasteiger partial charge is 0.235 e. The van der Waals surface area contributed by atoms with Gasteiger partial charge in [-0.1, -0.05) is 0 Å². The highest BCUT2D eigenvalue weighted by Crippen LogP contribution is 2.15. The fourth-order valence-electron chi connectivity index (χ4n) is 0.816. The molecule has 0 spiro atoms. The van der Waals surface area contributed by atoms with Gasteiger partial charge in [0.25, 0.3) is 0 Å². The van der Waals surface area contributed by atoms with Crippen LogP contribution in [0.1, 0.15) is 26.7 Å². The minimum absolute atomic E-state index is 0.389. The molecule has 0 aliphatic heterocycles. The lowest BCUT2D eigenvalue weighted by Gasteiger charge is -2.15. The molecule has 4 heteroatoms. The topological polar surface area (TPSA) is 58.9 Å². The third-order valence-corrected chi connectivity index (χ3v) is 1.47. The first kappa shape index (κ1) is 10.8. The van der Waals surface area contributed by atoms with Crippen molar-refractivity contribution < 1.29 is 9.59 Å². The lowest BCUT2D eigenvalue weighted by atomic mass is 10.00. The van der Waals surface area contributed by atoms with E-state index in [1.54, 1.807) is 0 Å². The van der Waals surface area contributed by atoms with Crippen LogP contribution in [0.15, 0.2) is 9.98 Å². The van der Waals surface area contributed by atoms with E-state index in [0.717, 1.165) is 6.42 Å². The van der Waals surface area contributed by atoms with Gasteiger partial charge in [0.1, 0.15) is 0 Å². The summed E-state index contributed by atoms with van der Waals surface area (Å²) in [4.78, 5) is 26.6. The van der Waals surface area contributed by atoms with Gasteiger partial charge in [-0.05, 0) is 26.7 Å². The van der Waals surface area contributed by atoms with E-state index in [9.17, 15) is 9.59 Å². The van der Waals surface area contributed by atoms with E-state index >= 15 is 0 Å². The Kier molecular flexibility index (Phi) is 4.86. The van der Waals surface area contributed by atoms with E-state index in [4.69, 9.17) is 0 Å². The highest BCUT2D eigenvalue weighted by molar-refractivity contribution is 5.34. The summed E-state index contributed by atoms with van der Waals surface area (Å²) < 4.78 is 0. The molecule has 4 nitrogen and oxygen atoms in total. The van der Waals surface area contributed by atoms with Gasteiger partial charge in [0.2, 0.25) is 12.2 Å². The van der Waals surface area contributed by atoms with Gasteiger partial charge in [-0.2, -0.15) is 4.99 Å². The predicted molar refractivity (Wildman–Crippen MR) is 44.4 cm³/mol. The molecule has 0 aliphatic rings. The second-order valence-corrected chi connectivity index (χ2v) is 3.09. The Morgan fingerprint density at radius 1 is 1.25 bits per heavy atom. The van der Waals surface area contributed by atoms with Crippen molar-refractivity contribution in [1.29, 1.82) is 0 Å². The molecule has 0 fully saturated rings. The van der Waals surface area contributed by atoms with Gasteiger partial charge in [-0.3, -0.25) is 0 Å². The number of isocyanates is 2. The molecule has 0 aromatic carbocycles. The molecule has 0 aromatic heterocycles. The van der Waals surface area contributed by atoms with Crippen molar-refractivity contribution in [1.82, 2.24) is 0 Å². The molecule has 0 heterocycles. The van der Waals surface area contributed by atoms with Crippen LogP contribution in [0.3, 0.4) is 0 Å². The quantitative estimate of drug-likeness (QED) is 0.352. The summed E-state index contributed by atoms with van der Waals surface area (Å²) >= 11 is 0. The summed E-state index contributed by atoms with van der Waals surface area (Å²) in [7, 11) is 0. The minimum Gasteiger partial charge on any atom is -0.211 e. The fourth-order valence-corrected chi connectivity index (χ4v) is 0.816. The van der Waals surface area contributed by atoms with E-state index < -0.39 is 0 Å². The molecule has 0 unspecified atom stereocenters. The SMILES string of the molecule is CC(C)(CCCN=C=O)N=C=O. The molecule has 0 bridgehead atoms. The van der Waals surface area contributed by atoms with E-state index in [0.29, 0.717) is 13.0 Å². The summed E-state index contributed by atoms with van der Waals surface area (Å²) in [6.45, 7) is 4.12. The molecule has 0 saturated heterocycles. The van der Waals surface area contributed by atoms with Gasteiger partial charge in [0.05, 0.1) is 12.1 Å². The standard InChI is InChI=1S/C8H12N2O2/c1-8(2,10-7-12)4-3-5-9-6-11/h3-5H2,1-2H3. The average molecular weight is 168 g/mol. The molecule has 0 saturated carbocycles. The van der Waals surface area contributed by atoms with Gasteiger partial charge in [-0.15, -0.1) is 0 Å². The van der Waals surface area contributed by atoms with Crippen LogP contribution < -0.4 is 0 Å². The third-order valence-electron chi connectivity index (χ3n) is 1.47. The molecule has 0 radical (unpaired) electrons. The van der Waals surface area contributed by atoms with Crippen LogP contribution in [0.5, 0.6) is 0 Å². The summed E-state index contributed by atoms with van der Waals surface area (Å²) in [6, 6.07) is 0. The fraction of sp³-hybridized carbons (Fsp3) is 0.750. The van der Waals surface area contributed by atoms with Crippen molar-refractivity contribution in [3.05, 3.63) is 0 Å². The molecule has 0 aliphatic carbocycles. The Bertz CT molecular complexity index is 223. The number of carbonyl (C=O) groups excluding carboxylic acids is 2. The summed E-state index contributed by atoms with van der Waals surface area (Å²) in [5.41, 5.74) is -0.389. The molecular weight excluding hydrogens is 156 g/mol. The highest BCUT2D eigenvalue weighted by Gasteiger charge is 2.14. The lowest BCUT2D eigenvalue weighted by Crippen LogP contribution is -2.16. The first-order valence-electron chi connectivity index (χ1n) is 3.75. The Morgan fingerprint density at radius 2 is 1.92 bits per heavy atom. The molecule has 0 N–H and O–H groups in total. The smallest absolute Gasteiger partial charge is 0.211 e. The third kappa shape index (κ3) is 5.54. The van der Waals surface area contributed by atoms with Gasteiger partial charge in [0.15, 0.2) is 0 Å². The van der Waals surface area contributed by atoms with Crippen LogP contribution >= 0.6 is 0 Å². The summed E-state index contributed by atoms with van der Waals surface area (Å²) in [5.74, 6) is 0. The number of nitrogens with zero attached hydrogens (tertiary/aromatic N) is 2. The lowest BCUT2D eigenvalue weighted by molar-refractivity contribution is 0.457. The number of hydrogen-bond acceptors (Lipinski definition) is 4. The van der Waals surface area contributed by atoms with E-state index in [-0.39, 0.29) is 5.54 Å². The van der Waals surface area contributed by atoms with Crippen molar-refractivity contribution in [2.75, 3.05) is 6.54 Å². The van der Waals surface area contributed by atoms with Crippen LogP contribution in [0.25, 0.3) is 0 Å². The second-order valence-electron chi connectivity index (χ2n) is 3.09. The monoisotopic (exact) mass is 168 g/mol. The van der Waals surface area contributed by atoms with Gasteiger partial charge in [0, 0.05) is 0 Å². The number of hydrogen-bond donors (Lipinski definition) is 0. The first-order chi connectivity index (χ1) is 5.62. The maximum absolute atomic E-state index is 9.93. The highest BCUT2D eigenvalue weighted by atomic mass is 16.1. The average Bonchev–Trinajstić information content (AvgIpc) is 1.98. The van der Waals surface area contributed by atoms with Crippen LogP contribution in [-0.4, -0.2) is 24.2 Å². The summed E-state index contributed by atoms with van der Waals surface area (Å²) in [5, 5.41) is 0. The molecule has 12 heavy (non-hydrogen) atoms. The molecule has 0 aromatic rings. The Hall–Kier alpha value is -1.24. The van der Waals surface area contributed by atoms with Gasteiger partial charge >= 0.3 is 0 Å². The zero-order valence-corrected chi connectivity index (χ0v) is 7.33. The number of rotatable bonds is 5. The Morgan fingerprint density at radius 3 is 2.42 bits per heavy atom. The van der Waals surface area contributed by atoms with Crippen molar-refractivity contribution in [3.8, 4) is 0 Å². The Labute approximate surface area is 71.4 Å². The maximum atomic E-state index is 9.93. The predicted octanol–water partition coefficient (Wildman–Crippen LogP) is 1.22. The van der Waals surface area contributed by atoms with Crippen LogP contribution in [0.4, 0.5) is 0 Å². The van der Waals surface area contributed by atoms with Crippen molar-refractivity contribution in [3.63, 3.8) is 0 Å². The first-order valence-corrected chi connectivity index (χ1v) is 3.75. The number of aliphatic imine (C=N–C) groups is 2. The molecule has 66 valence electrons. The van der Waals surface area contributed by atoms with Crippen molar-refractivity contribution in [2.45, 2.75) is 32.2 Å². The summed E-state index contributed by atoms with van der Waals surface area (Å²) in [6.07, 6.45) is 4.41. The van der Waals surface area contributed by atoms with E-state index in [1.807, 2.05) is 13.8 Å².